The van der Waals surface area contributed by atoms with Crippen LogP contribution in [0.5, 0.6) is 0 Å². The molecule has 0 spiro atoms. The summed E-state index contributed by atoms with van der Waals surface area (Å²) in [6.07, 6.45) is 3.81. The van der Waals surface area contributed by atoms with Crippen molar-refractivity contribution in [3.05, 3.63) is 82.6 Å². The van der Waals surface area contributed by atoms with Crippen LogP contribution in [-0.2, 0) is 6.54 Å². The molecule has 0 aliphatic heterocycles. The number of rotatable bonds is 5. The Labute approximate surface area is 163 Å². The zero-order valence-electron chi connectivity index (χ0n) is 14.6. The summed E-state index contributed by atoms with van der Waals surface area (Å²) in [6.45, 7) is 0.248. The first kappa shape index (κ1) is 18.4. The van der Waals surface area contributed by atoms with E-state index in [1.165, 1.54) is 0 Å². The van der Waals surface area contributed by atoms with Crippen molar-refractivity contribution in [1.82, 2.24) is 0 Å². The van der Waals surface area contributed by atoms with Crippen LogP contribution in [0.1, 0.15) is 10.4 Å². The van der Waals surface area contributed by atoms with Gasteiger partial charge in [0.2, 0.25) is 12.3 Å². The van der Waals surface area contributed by atoms with Crippen molar-refractivity contribution in [2.45, 2.75) is 6.54 Å². The monoisotopic (exact) mass is 385 g/mol. The lowest BCUT2D eigenvalue weighted by atomic mass is 10.1. The zero-order chi connectivity index (χ0) is 18.7. The average molecular weight is 386 g/mol. The first-order valence-electron chi connectivity index (χ1n) is 8.19. The summed E-state index contributed by atoms with van der Waals surface area (Å²) in [5, 5.41) is 0.833. The molecule has 0 unspecified atom stereocenters. The van der Waals surface area contributed by atoms with Crippen molar-refractivity contribution in [2.75, 3.05) is 19.0 Å². The third kappa shape index (κ3) is 4.24. The first-order valence-corrected chi connectivity index (χ1v) is 8.95. The van der Waals surface area contributed by atoms with E-state index >= 15 is 0 Å². The largest absolute Gasteiger partial charge is 0.378 e. The van der Waals surface area contributed by atoms with E-state index in [1.807, 2.05) is 43.2 Å². The number of hydrogen-bond acceptors (Lipinski definition) is 2. The van der Waals surface area contributed by atoms with Crippen LogP contribution in [0.15, 0.2) is 67.0 Å². The number of aromatic nitrogens is 1. The highest BCUT2D eigenvalue weighted by molar-refractivity contribution is 6.42. The van der Waals surface area contributed by atoms with Crippen LogP contribution < -0.4 is 9.47 Å². The standard InChI is InChI=1S/C21H19Cl2N2O/c1-24(2)18-6-3-15(4-7-18)16-9-11-25(12-10-16)14-21(26)17-5-8-19(22)20(23)13-17/h3-13H,14H2,1-2H3/q+1. The second-order valence-corrected chi connectivity index (χ2v) is 7.07. The smallest absolute Gasteiger partial charge is 0.227 e. The molecule has 26 heavy (non-hydrogen) atoms. The van der Waals surface area contributed by atoms with Crippen molar-refractivity contribution in [1.29, 1.82) is 0 Å². The number of carbonyl (C=O) groups is 1. The van der Waals surface area contributed by atoms with Gasteiger partial charge in [0, 0.05) is 37.5 Å². The van der Waals surface area contributed by atoms with Crippen molar-refractivity contribution in [3.63, 3.8) is 0 Å². The topological polar surface area (TPSA) is 24.2 Å². The molecule has 0 saturated heterocycles. The minimum Gasteiger partial charge on any atom is -0.378 e. The number of benzene rings is 2. The van der Waals surface area contributed by atoms with Gasteiger partial charge in [-0.25, -0.2) is 0 Å². The molecule has 1 heterocycles. The molecule has 0 fully saturated rings. The predicted molar refractivity (Wildman–Crippen MR) is 107 cm³/mol. The molecule has 0 amide bonds. The fourth-order valence-corrected chi connectivity index (χ4v) is 2.93. The Bertz CT molecular complexity index is 920. The van der Waals surface area contributed by atoms with Gasteiger partial charge in [-0.1, -0.05) is 35.3 Å². The Morgan fingerprint density at radius 1 is 0.885 bits per heavy atom. The van der Waals surface area contributed by atoms with Crippen LogP contribution in [-0.4, -0.2) is 19.9 Å². The molecule has 0 aliphatic carbocycles. The molecule has 0 atom stereocenters. The van der Waals surface area contributed by atoms with E-state index in [4.69, 9.17) is 23.2 Å². The number of anilines is 1. The maximum atomic E-state index is 12.4. The van der Waals surface area contributed by atoms with E-state index in [2.05, 4.69) is 29.2 Å². The van der Waals surface area contributed by atoms with Gasteiger partial charge in [-0.3, -0.25) is 4.79 Å². The maximum Gasteiger partial charge on any atom is 0.227 e. The van der Waals surface area contributed by atoms with Gasteiger partial charge in [-0.2, -0.15) is 4.57 Å². The van der Waals surface area contributed by atoms with Gasteiger partial charge in [0.25, 0.3) is 0 Å². The second-order valence-electron chi connectivity index (χ2n) is 6.25. The van der Waals surface area contributed by atoms with Gasteiger partial charge in [0.15, 0.2) is 12.4 Å². The molecule has 3 nitrogen and oxygen atoms in total. The van der Waals surface area contributed by atoms with E-state index < -0.39 is 0 Å². The number of carbonyl (C=O) groups excluding carboxylic acids is 1. The van der Waals surface area contributed by atoms with E-state index in [0.29, 0.717) is 15.6 Å². The summed E-state index contributed by atoms with van der Waals surface area (Å²) in [4.78, 5) is 14.5. The van der Waals surface area contributed by atoms with Crippen molar-refractivity contribution in [3.8, 4) is 11.1 Å². The molecule has 0 bridgehead atoms. The summed E-state index contributed by atoms with van der Waals surface area (Å²) in [5.74, 6) is -0.0170. The molecule has 3 rings (SSSR count). The van der Waals surface area contributed by atoms with Gasteiger partial charge in [0.05, 0.1) is 10.0 Å². The summed E-state index contributed by atoms with van der Waals surface area (Å²) in [6, 6.07) is 17.3. The molecule has 0 N–H and O–H groups in total. The first-order chi connectivity index (χ1) is 12.4. The lowest BCUT2D eigenvalue weighted by molar-refractivity contribution is -0.683. The highest BCUT2D eigenvalue weighted by Crippen LogP contribution is 2.23. The van der Waals surface area contributed by atoms with Crippen LogP contribution in [0.25, 0.3) is 11.1 Å². The molecule has 0 radical (unpaired) electrons. The highest BCUT2D eigenvalue weighted by Gasteiger charge is 2.13. The molecule has 0 aliphatic rings. The molecule has 2 aromatic carbocycles. The Kier molecular flexibility index (Phi) is 5.60. The van der Waals surface area contributed by atoms with Crippen molar-refractivity contribution < 1.29 is 9.36 Å². The summed E-state index contributed by atoms with van der Waals surface area (Å²) in [5.41, 5.74) is 3.95. The average Bonchev–Trinajstić information content (AvgIpc) is 2.64. The summed E-state index contributed by atoms with van der Waals surface area (Å²) < 4.78 is 1.85. The summed E-state index contributed by atoms with van der Waals surface area (Å²) in [7, 11) is 4.04. The number of hydrogen-bond donors (Lipinski definition) is 0. The van der Waals surface area contributed by atoms with Crippen molar-refractivity contribution in [2.24, 2.45) is 0 Å². The van der Waals surface area contributed by atoms with Crippen LogP contribution in [0.3, 0.4) is 0 Å². The number of Topliss-reactive ketones (excluding diaryl/α,β-unsaturated/α-hetero) is 1. The number of pyridine rings is 1. The van der Waals surface area contributed by atoms with Gasteiger partial charge in [-0.15, -0.1) is 0 Å². The highest BCUT2D eigenvalue weighted by atomic mass is 35.5. The molecule has 5 heteroatoms. The van der Waals surface area contributed by atoms with Gasteiger partial charge < -0.3 is 4.90 Å². The molecule has 3 aromatic rings. The fourth-order valence-electron chi connectivity index (χ4n) is 2.63. The number of halogens is 2. The lowest BCUT2D eigenvalue weighted by Crippen LogP contribution is -2.37. The molecule has 132 valence electrons. The van der Waals surface area contributed by atoms with E-state index in [0.717, 1.165) is 16.8 Å². The van der Waals surface area contributed by atoms with Crippen LogP contribution in [0.4, 0.5) is 5.69 Å². The minimum absolute atomic E-state index is 0.0170. The van der Waals surface area contributed by atoms with Crippen molar-refractivity contribution >= 4 is 34.7 Å². The Morgan fingerprint density at radius 2 is 1.50 bits per heavy atom. The van der Waals surface area contributed by atoms with Gasteiger partial charge >= 0.3 is 0 Å². The Hall–Kier alpha value is -2.36. The molecule has 1 aromatic heterocycles. The summed E-state index contributed by atoms with van der Waals surface area (Å²) >= 11 is 11.9. The quantitative estimate of drug-likeness (QED) is 0.460. The van der Waals surface area contributed by atoms with Crippen LogP contribution in [0.2, 0.25) is 10.0 Å². The van der Waals surface area contributed by atoms with Crippen LogP contribution in [0, 0.1) is 0 Å². The molecule has 0 saturated carbocycles. The Balaban J connectivity index is 1.72. The maximum absolute atomic E-state index is 12.4. The fraction of sp³-hybridized carbons (Fsp3) is 0.143. The van der Waals surface area contributed by atoms with E-state index in [-0.39, 0.29) is 12.3 Å². The zero-order valence-corrected chi connectivity index (χ0v) is 16.1. The van der Waals surface area contributed by atoms with E-state index in [1.54, 1.807) is 18.2 Å². The number of nitrogens with zero attached hydrogens (tertiary/aromatic N) is 2. The van der Waals surface area contributed by atoms with Gasteiger partial charge in [0.1, 0.15) is 0 Å². The SMILES string of the molecule is CN(C)c1ccc(-c2cc[n+](CC(=O)c3ccc(Cl)c(Cl)c3)cc2)cc1. The normalized spacial score (nSPS) is 10.6. The third-order valence-corrected chi connectivity index (χ3v) is 4.91. The van der Waals surface area contributed by atoms with E-state index in [9.17, 15) is 4.79 Å². The predicted octanol–water partition coefficient (Wildman–Crippen LogP) is 4.90. The van der Waals surface area contributed by atoms with Gasteiger partial charge in [-0.05, 0) is 41.5 Å². The molecular weight excluding hydrogens is 367 g/mol. The third-order valence-electron chi connectivity index (χ3n) is 4.18. The molecular formula is C21H19Cl2N2O+. The lowest BCUT2D eigenvalue weighted by Gasteiger charge is -2.12. The second kappa shape index (κ2) is 7.90. The number of ketones is 1. The minimum atomic E-state index is -0.0170. The van der Waals surface area contributed by atoms with Crippen LogP contribution >= 0.6 is 23.2 Å². The Morgan fingerprint density at radius 3 is 2.08 bits per heavy atom.